The fraction of sp³-hybridized carbons (Fsp3) is 0.227. The van der Waals surface area contributed by atoms with Gasteiger partial charge in [0.05, 0.1) is 13.7 Å². The number of carbonyl (C=O) groups excluding carboxylic acids is 1. The van der Waals surface area contributed by atoms with Crippen LogP contribution in [0.4, 0.5) is 5.82 Å². The third-order valence-electron chi connectivity index (χ3n) is 4.97. The standard InChI is InChI=1S/C22H21ClN4O2/c1-29-19-5-3-2-4-18(19)17-8-6-16(7-9-17)13-26-10-11-27(22(28)14-26)21-12-20(23)24-15-25-21/h2-9,12,15H,10-11,13-14H2,1H3. The molecule has 0 aliphatic carbocycles. The Hall–Kier alpha value is -2.96. The number of nitrogens with zero attached hydrogens (tertiary/aromatic N) is 4. The molecule has 0 unspecified atom stereocenters. The van der Waals surface area contributed by atoms with Gasteiger partial charge in [-0.15, -0.1) is 0 Å². The Morgan fingerprint density at radius 2 is 1.86 bits per heavy atom. The van der Waals surface area contributed by atoms with Crippen LogP contribution >= 0.6 is 11.6 Å². The summed E-state index contributed by atoms with van der Waals surface area (Å²) in [7, 11) is 1.68. The zero-order chi connectivity index (χ0) is 20.2. The lowest BCUT2D eigenvalue weighted by atomic mass is 10.0. The SMILES string of the molecule is COc1ccccc1-c1ccc(CN2CCN(c3cc(Cl)ncn3)C(=O)C2)cc1. The molecule has 3 aromatic rings. The average Bonchev–Trinajstić information content (AvgIpc) is 2.74. The fourth-order valence-corrected chi connectivity index (χ4v) is 3.64. The number of halogens is 1. The molecular formula is C22H21ClN4O2. The zero-order valence-electron chi connectivity index (χ0n) is 16.1. The van der Waals surface area contributed by atoms with Crippen LogP contribution in [0.3, 0.4) is 0 Å². The lowest BCUT2D eigenvalue weighted by molar-refractivity contribution is -0.121. The molecule has 6 nitrogen and oxygen atoms in total. The number of aromatic nitrogens is 2. The van der Waals surface area contributed by atoms with Gasteiger partial charge in [-0.05, 0) is 17.2 Å². The Morgan fingerprint density at radius 1 is 1.07 bits per heavy atom. The van der Waals surface area contributed by atoms with Crippen molar-refractivity contribution in [3.8, 4) is 16.9 Å². The van der Waals surface area contributed by atoms with Crippen LogP contribution < -0.4 is 9.64 Å². The van der Waals surface area contributed by atoms with E-state index in [1.807, 2.05) is 24.3 Å². The van der Waals surface area contributed by atoms with Crippen molar-refractivity contribution >= 4 is 23.3 Å². The number of para-hydroxylation sites is 1. The van der Waals surface area contributed by atoms with E-state index in [9.17, 15) is 4.79 Å². The van der Waals surface area contributed by atoms with Crippen LogP contribution in [-0.4, -0.2) is 47.5 Å². The molecule has 1 amide bonds. The molecule has 0 N–H and O–H groups in total. The first-order valence-electron chi connectivity index (χ1n) is 9.36. The van der Waals surface area contributed by atoms with Gasteiger partial charge in [-0.1, -0.05) is 54.1 Å². The van der Waals surface area contributed by atoms with Crippen molar-refractivity contribution in [3.63, 3.8) is 0 Å². The van der Waals surface area contributed by atoms with Gasteiger partial charge >= 0.3 is 0 Å². The Balaban J connectivity index is 1.41. The Morgan fingerprint density at radius 3 is 2.59 bits per heavy atom. The molecule has 29 heavy (non-hydrogen) atoms. The highest BCUT2D eigenvalue weighted by molar-refractivity contribution is 6.29. The van der Waals surface area contributed by atoms with Gasteiger partial charge in [0.15, 0.2) is 0 Å². The number of carbonyl (C=O) groups is 1. The molecular weight excluding hydrogens is 388 g/mol. The van der Waals surface area contributed by atoms with Crippen molar-refractivity contribution < 1.29 is 9.53 Å². The number of methoxy groups -OCH3 is 1. The summed E-state index contributed by atoms with van der Waals surface area (Å²) in [5, 5.41) is 0.334. The fourth-order valence-electron chi connectivity index (χ4n) is 3.50. The maximum atomic E-state index is 12.6. The van der Waals surface area contributed by atoms with Crippen LogP contribution in [0.25, 0.3) is 11.1 Å². The molecule has 0 saturated carbocycles. The molecule has 1 fully saturated rings. The lowest BCUT2D eigenvalue weighted by Crippen LogP contribution is -2.50. The number of hydrogen-bond acceptors (Lipinski definition) is 5. The van der Waals surface area contributed by atoms with E-state index >= 15 is 0 Å². The molecule has 0 radical (unpaired) electrons. The second-order valence-corrected chi connectivity index (χ2v) is 7.24. The Kier molecular flexibility index (Phi) is 5.74. The molecule has 148 valence electrons. The summed E-state index contributed by atoms with van der Waals surface area (Å²) >= 11 is 5.92. The van der Waals surface area contributed by atoms with E-state index in [0.29, 0.717) is 24.1 Å². The monoisotopic (exact) mass is 408 g/mol. The Labute approximate surface area is 174 Å². The van der Waals surface area contributed by atoms with E-state index in [1.165, 1.54) is 6.33 Å². The third-order valence-corrected chi connectivity index (χ3v) is 5.18. The summed E-state index contributed by atoms with van der Waals surface area (Å²) in [5.74, 6) is 1.42. The maximum absolute atomic E-state index is 12.6. The average molecular weight is 409 g/mol. The maximum Gasteiger partial charge on any atom is 0.242 e. The van der Waals surface area contributed by atoms with Crippen molar-refractivity contribution in [2.24, 2.45) is 0 Å². The Bertz CT molecular complexity index is 1010. The van der Waals surface area contributed by atoms with E-state index in [1.54, 1.807) is 18.1 Å². The van der Waals surface area contributed by atoms with Crippen LogP contribution in [0.1, 0.15) is 5.56 Å². The predicted molar refractivity (Wildman–Crippen MR) is 113 cm³/mol. The predicted octanol–water partition coefficient (Wildman–Crippen LogP) is 3.65. The van der Waals surface area contributed by atoms with Crippen molar-refractivity contribution in [1.29, 1.82) is 0 Å². The summed E-state index contributed by atoms with van der Waals surface area (Å²) in [6.45, 7) is 2.40. The molecule has 0 spiro atoms. The largest absolute Gasteiger partial charge is 0.496 e. The zero-order valence-corrected chi connectivity index (χ0v) is 16.8. The highest BCUT2D eigenvalue weighted by Crippen LogP contribution is 2.29. The number of piperazine rings is 1. The van der Waals surface area contributed by atoms with E-state index in [2.05, 4.69) is 39.1 Å². The minimum atomic E-state index is 0.0108. The number of ether oxygens (including phenoxy) is 1. The third kappa shape index (κ3) is 4.39. The normalized spacial score (nSPS) is 14.8. The van der Waals surface area contributed by atoms with Gasteiger partial charge < -0.3 is 4.74 Å². The summed E-state index contributed by atoms with van der Waals surface area (Å²) in [4.78, 5) is 24.4. The summed E-state index contributed by atoms with van der Waals surface area (Å²) < 4.78 is 5.45. The number of benzene rings is 2. The van der Waals surface area contributed by atoms with Crippen molar-refractivity contribution in [3.05, 3.63) is 71.6 Å². The van der Waals surface area contributed by atoms with Gasteiger partial charge in [0.2, 0.25) is 5.91 Å². The van der Waals surface area contributed by atoms with E-state index in [-0.39, 0.29) is 5.91 Å². The molecule has 4 rings (SSSR count). The first-order valence-corrected chi connectivity index (χ1v) is 9.74. The van der Waals surface area contributed by atoms with E-state index in [4.69, 9.17) is 16.3 Å². The van der Waals surface area contributed by atoms with Gasteiger partial charge in [-0.2, -0.15) is 0 Å². The van der Waals surface area contributed by atoms with Crippen molar-refractivity contribution in [1.82, 2.24) is 14.9 Å². The molecule has 7 heteroatoms. The first kappa shape index (κ1) is 19.4. The summed E-state index contributed by atoms with van der Waals surface area (Å²) in [5.41, 5.74) is 3.33. The van der Waals surface area contributed by atoms with Gasteiger partial charge in [-0.25, -0.2) is 9.97 Å². The summed E-state index contributed by atoms with van der Waals surface area (Å²) in [6, 6.07) is 18.0. The van der Waals surface area contributed by atoms with E-state index < -0.39 is 0 Å². The summed E-state index contributed by atoms with van der Waals surface area (Å²) in [6.07, 6.45) is 1.38. The lowest BCUT2D eigenvalue weighted by Gasteiger charge is -2.33. The van der Waals surface area contributed by atoms with Crippen LogP contribution in [0.2, 0.25) is 5.15 Å². The molecule has 1 aliphatic rings. The van der Waals surface area contributed by atoms with Crippen LogP contribution in [0.15, 0.2) is 60.9 Å². The van der Waals surface area contributed by atoms with Crippen LogP contribution in [-0.2, 0) is 11.3 Å². The van der Waals surface area contributed by atoms with Gasteiger partial charge in [0.25, 0.3) is 0 Å². The number of anilines is 1. The smallest absolute Gasteiger partial charge is 0.242 e. The van der Waals surface area contributed by atoms with Crippen molar-refractivity contribution in [2.45, 2.75) is 6.54 Å². The van der Waals surface area contributed by atoms with Crippen LogP contribution in [0, 0.1) is 0 Å². The number of rotatable bonds is 5. The van der Waals surface area contributed by atoms with Gasteiger partial charge in [0, 0.05) is 31.3 Å². The van der Waals surface area contributed by atoms with Gasteiger partial charge in [-0.3, -0.25) is 14.6 Å². The molecule has 1 saturated heterocycles. The molecule has 1 aromatic heterocycles. The highest BCUT2D eigenvalue weighted by Gasteiger charge is 2.26. The molecule has 2 aromatic carbocycles. The first-order chi connectivity index (χ1) is 14.1. The molecule has 2 heterocycles. The topological polar surface area (TPSA) is 58.6 Å². The second kappa shape index (κ2) is 8.59. The minimum Gasteiger partial charge on any atom is -0.496 e. The quantitative estimate of drug-likeness (QED) is 0.603. The van der Waals surface area contributed by atoms with E-state index in [0.717, 1.165) is 35.5 Å². The minimum absolute atomic E-state index is 0.0108. The van der Waals surface area contributed by atoms with Crippen LogP contribution in [0.5, 0.6) is 5.75 Å². The number of hydrogen-bond donors (Lipinski definition) is 0. The highest BCUT2D eigenvalue weighted by atomic mass is 35.5. The van der Waals surface area contributed by atoms with Gasteiger partial charge in [0.1, 0.15) is 23.0 Å². The second-order valence-electron chi connectivity index (χ2n) is 6.85. The molecule has 1 aliphatic heterocycles. The number of amides is 1. The molecule has 0 atom stereocenters. The molecule has 0 bridgehead atoms. The van der Waals surface area contributed by atoms with Crippen molar-refractivity contribution in [2.75, 3.05) is 31.6 Å².